The van der Waals surface area contributed by atoms with E-state index in [2.05, 4.69) is 30.6 Å². The fourth-order valence-corrected chi connectivity index (χ4v) is 1.36. The van der Waals surface area contributed by atoms with Gasteiger partial charge in [0.05, 0.1) is 12.2 Å². The number of hydrogen-bond acceptors (Lipinski definition) is 6. The second kappa shape index (κ2) is 5.20. The van der Waals surface area contributed by atoms with E-state index in [0.29, 0.717) is 12.5 Å². The summed E-state index contributed by atoms with van der Waals surface area (Å²) in [4.78, 5) is 16.6. The average molecular weight is 230 g/mol. The van der Waals surface area contributed by atoms with Crippen LogP contribution in [0.15, 0.2) is 24.5 Å². The minimum Gasteiger partial charge on any atom is -0.364 e. The average Bonchev–Trinajstić information content (AvgIpc) is 2.37. The highest BCUT2D eigenvalue weighted by Crippen LogP contribution is 2.06. The van der Waals surface area contributed by atoms with Crippen LogP contribution in [0.5, 0.6) is 0 Å². The molecule has 0 radical (unpaired) electrons. The third-order valence-electron chi connectivity index (χ3n) is 2.16. The van der Waals surface area contributed by atoms with Gasteiger partial charge in [-0.3, -0.25) is 0 Å². The van der Waals surface area contributed by atoms with Crippen LogP contribution >= 0.6 is 0 Å². The number of aryl methyl sites for hydroxylation is 1. The lowest BCUT2D eigenvalue weighted by Crippen LogP contribution is -2.06. The second-order valence-electron chi connectivity index (χ2n) is 3.46. The molecule has 0 aliphatic rings. The molecule has 0 saturated heterocycles. The molecule has 0 fully saturated rings. The fourth-order valence-electron chi connectivity index (χ4n) is 1.36. The van der Waals surface area contributed by atoms with Gasteiger partial charge >= 0.3 is 0 Å². The molecular weight excluding hydrogens is 216 g/mol. The third-order valence-corrected chi connectivity index (χ3v) is 2.16. The summed E-state index contributed by atoms with van der Waals surface area (Å²) in [7, 11) is 1.78. The van der Waals surface area contributed by atoms with E-state index in [1.54, 1.807) is 19.4 Å². The molecule has 6 heteroatoms. The number of nitrogens with zero attached hydrogens (tertiary/aromatic N) is 4. The predicted octanol–water partition coefficient (Wildman–Crippen LogP) is 1.23. The third kappa shape index (κ3) is 3.10. The van der Waals surface area contributed by atoms with Crippen LogP contribution in [0.3, 0.4) is 0 Å². The predicted molar refractivity (Wildman–Crippen MR) is 65.7 cm³/mol. The molecule has 0 saturated carbocycles. The van der Waals surface area contributed by atoms with E-state index in [1.165, 1.54) is 0 Å². The number of anilines is 2. The van der Waals surface area contributed by atoms with E-state index in [4.69, 9.17) is 0 Å². The molecule has 0 aliphatic carbocycles. The maximum atomic E-state index is 4.30. The monoisotopic (exact) mass is 230 g/mol. The Labute approximate surface area is 99.6 Å². The molecule has 0 bridgehead atoms. The lowest BCUT2D eigenvalue weighted by atomic mass is 10.4. The van der Waals surface area contributed by atoms with E-state index in [-0.39, 0.29) is 0 Å². The van der Waals surface area contributed by atoms with Gasteiger partial charge in [-0.25, -0.2) is 15.0 Å². The van der Waals surface area contributed by atoms with Gasteiger partial charge in [-0.15, -0.1) is 0 Å². The number of hydrogen-bond donors (Lipinski definition) is 2. The molecule has 0 aromatic carbocycles. The summed E-state index contributed by atoms with van der Waals surface area (Å²) in [6.07, 6.45) is 3.45. The molecule has 2 heterocycles. The summed E-state index contributed by atoms with van der Waals surface area (Å²) in [5.41, 5.74) is 0.933. The van der Waals surface area contributed by atoms with Crippen LogP contribution in [0.25, 0.3) is 0 Å². The first-order valence-corrected chi connectivity index (χ1v) is 5.31. The van der Waals surface area contributed by atoms with Crippen LogP contribution in [0.4, 0.5) is 11.8 Å². The largest absolute Gasteiger partial charge is 0.364 e. The van der Waals surface area contributed by atoms with Crippen molar-refractivity contribution in [3.63, 3.8) is 0 Å². The van der Waals surface area contributed by atoms with E-state index in [0.717, 1.165) is 17.3 Å². The van der Waals surface area contributed by atoms with E-state index in [1.807, 2.05) is 19.1 Å². The molecule has 0 spiro atoms. The molecule has 2 aromatic heterocycles. The number of nitrogens with one attached hydrogen (secondary N) is 2. The van der Waals surface area contributed by atoms with E-state index >= 15 is 0 Å². The Morgan fingerprint density at radius 1 is 1.12 bits per heavy atom. The quantitative estimate of drug-likeness (QED) is 0.822. The maximum Gasteiger partial charge on any atom is 0.224 e. The van der Waals surface area contributed by atoms with Gasteiger partial charge < -0.3 is 10.6 Å². The minimum atomic E-state index is 0.592. The number of aromatic nitrogens is 4. The SMILES string of the molecule is CNc1nccc(NCc2ccnc(C)n2)n1. The number of rotatable bonds is 4. The molecular formula is C11H14N6. The molecule has 2 rings (SSSR count). The van der Waals surface area contributed by atoms with Crippen molar-refractivity contribution in [1.82, 2.24) is 19.9 Å². The zero-order valence-electron chi connectivity index (χ0n) is 9.81. The summed E-state index contributed by atoms with van der Waals surface area (Å²) in [6, 6.07) is 3.69. The molecule has 88 valence electrons. The summed E-state index contributed by atoms with van der Waals surface area (Å²) in [5.74, 6) is 2.12. The molecule has 2 aromatic rings. The van der Waals surface area contributed by atoms with Gasteiger partial charge in [0, 0.05) is 19.4 Å². The first-order valence-electron chi connectivity index (χ1n) is 5.31. The van der Waals surface area contributed by atoms with Crippen molar-refractivity contribution in [3.05, 3.63) is 36.0 Å². The van der Waals surface area contributed by atoms with Crippen molar-refractivity contribution >= 4 is 11.8 Å². The molecule has 0 amide bonds. The molecule has 0 aliphatic heterocycles. The van der Waals surface area contributed by atoms with Crippen molar-refractivity contribution in [2.45, 2.75) is 13.5 Å². The van der Waals surface area contributed by atoms with Crippen LogP contribution in [-0.2, 0) is 6.54 Å². The van der Waals surface area contributed by atoms with Gasteiger partial charge in [0.2, 0.25) is 5.95 Å². The van der Waals surface area contributed by atoms with E-state index in [9.17, 15) is 0 Å². The lowest BCUT2D eigenvalue weighted by Gasteiger charge is -2.06. The highest BCUT2D eigenvalue weighted by Gasteiger charge is 1.99. The summed E-state index contributed by atoms with van der Waals surface area (Å²) >= 11 is 0. The van der Waals surface area contributed by atoms with Crippen LogP contribution in [0.2, 0.25) is 0 Å². The minimum absolute atomic E-state index is 0.592. The van der Waals surface area contributed by atoms with Crippen molar-refractivity contribution in [1.29, 1.82) is 0 Å². The normalized spacial score (nSPS) is 10.0. The Bertz CT molecular complexity index is 499. The van der Waals surface area contributed by atoms with Crippen molar-refractivity contribution in [2.24, 2.45) is 0 Å². The summed E-state index contributed by atoms with van der Waals surface area (Å²) < 4.78 is 0. The fraction of sp³-hybridized carbons (Fsp3) is 0.273. The zero-order valence-corrected chi connectivity index (χ0v) is 9.81. The van der Waals surface area contributed by atoms with Gasteiger partial charge in [0.25, 0.3) is 0 Å². The van der Waals surface area contributed by atoms with Gasteiger partial charge in [0.15, 0.2) is 0 Å². The Morgan fingerprint density at radius 3 is 2.71 bits per heavy atom. The lowest BCUT2D eigenvalue weighted by molar-refractivity contribution is 0.948. The van der Waals surface area contributed by atoms with Gasteiger partial charge in [-0.05, 0) is 19.1 Å². The second-order valence-corrected chi connectivity index (χ2v) is 3.46. The van der Waals surface area contributed by atoms with E-state index < -0.39 is 0 Å². The van der Waals surface area contributed by atoms with Crippen molar-refractivity contribution in [3.8, 4) is 0 Å². The molecule has 6 nitrogen and oxygen atoms in total. The van der Waals surface area contributed by atoms with Gasteiger partial charge in [-0.1, -0.05) is 0 Å². The van der Waals surface area contributed by atoms with Crippen LogP contribution in [0, 0.1) is 6.92 Å². The van der Waals surface area contributed by atoms with Gasteiger partial charge in [-0.2, -0.15) is 4.98 Å². The molecule has 2 N–H and O–H groups in total. The van der Waals surface area contributed by atoms with Crippen LogP contribution in [0.1, 0.15) is 11.5 Å². The summed E-state index contributed by atoms with van der Waals surface area (Å²) in [5, 5.41) is 6.07. The molecule has 17 heavy (non-hydrogen) atoms. The van der Waals surface area contributed by atoms with Crippen LogP contribution < -0.4 is 10.6 Å². The first-order chi connectivity index (χ1) is 8.28. The Kier molecular flexibility index (Phi) is 3.44. The topological polar surface area (TPSA) is 75.6 Å². The van der Waals surface area contributed by atoms with Crippen molar-refractivity contribution in [2.75, 3.05) is 17.7 Å². The maximum absolute atomic E-state index is 4.30. The standard InChI is InChI=1S/C11H14N6/c1-8-13-5-3-9(16-8)7-15-10-4-6-14-11(12-2)17-10/h3-6H,7H2,1-2H3,(H2,12,14,15,17). The van der Waals surface area contributed by atoms with Gasteiger partial charge in [0.1, 0.15) is 11.6 Å². The highest BCUT2D eigenvalue weighted by molar-refractivity contribution is 5.39. The molecule has 0 atom stereocenters. The smallest absolute Gasteiger partial charge is 0.224 e. The molecule has 0 unspecified atom stereocenters. The zero-order chi connectivity index (χ0) is 12.1. The summed E-state index contributed by atoms with van der Waals surface area (Å²) in [6.45, 7) is 2.48. The Morgan fingerprint density at radius 2 is 1.94 bits per heavy atom. The first kappa shape index (κ1) is 11.3. The van der Waals surface area contributed by atoms with Crippen LogP contribution in [-0.4, -0.2) is 27.0 Å². The highest BCUT2D eigenvalue weighted by atomic mass is 15.1. The van der Waals surface area contributed by atoms with Crippen molar-refractivity contribution < 1.29 is 0 Å². The Hall–Kier alpha value is -2.24. The Balaban J connectivity index is 2.02.